The zero-order valence-electron chi connectivity index (χ0n) is 24.6. The van der Waals surface area contributed by atoms with Gasteiger partial charge in [0.2, 0.25) is 5.91 Å². The second-order valence-electron chi connectivity index (χ2n) is 10.5. The van der Waals surface area contributed by atoms with Crippen molar-refractivity contribution in [1.82, 2.24) is 5.32 Å². The van der Waals surface area contributed by atoms with E-state index in [1.54, 1.807) is 57.2 Å². The van der Waals surface area contributed by atoms with Crippen LogP contribution in [0.5, 0.6) is 23.0 Å². The number of benzene rings is 3. The van der Waals surface area contributed by atoms with Gasteiger partial charge in [-0.3, -0.25) is 9.59 Å². The normalized spacial score (nSPS) is 11.6. The number of esters is 1. The molecule has 0 heterocycles. The minimum Gasteiger partial charge on any atom is -0.508 e. The fraction of sp³-hybridized carbons (Fsp3) is 0.355. The molecular formula is C31H36N4O7. The second-order valence-corrected chi connectivity index (χ2v) is 10.5. The van der Waals surface area contributed by atoms with Crippen molar-refractivity contribution in [2.75, 3.05) is 27.9 Å². The van der Waals surface area contributed by atoms with Crippen LogP contribution in [-0.2, 0) is 27.3 Å². The number of methoxy groups -OCH3 is 3. The molecule has 0 fully saturated rings. The van der Waals surface area contributed by atoms with E-state index in [0.29, 0.717) is 45.1 Å². The zero-order chi connectivity index (χ0) is 30.9. The number of rotatable bonds is 12. The van der Waals surface area contributed by atoms with Gasteiger partial charge < -0.3 is 29.4 Å². The number of ether oxygens (including phenoxy) is 4. The Labute approximate surface area is 245 Å². The molecule has 11 nitrogen and oxygen atoms in total. The molecule has 0 aliphatic rings. The first-order valence-electron chi connectivity index (χ1n) is 13.2. The smallest absolute Gasteiger partial charge is 0.311 e. The van der Waals surface area contributed by atoms with Gasteiger partial charge >= 0.3 is 5.97 Å². The largest absolute Gasteiger partial charge is 0.508 e. The van der Waals surface area contributed by atoms with Gasteiger partial charge in [-0.1, -0.05) is 23.3 Å². The molecule has 11 heteroatoms. The van der Waals surface area contributed by atoms with E-state index in [-0.39, 0.29) is 31.2 Å². The lowest BCUT2D eigenvalue weighted by Gasteiger charge is -2.24. The van der Waals surface area contributed by atoms with E-state index in [1.165, 1.54) is 33.5 Å². The molecule has 0 saturated heterocycles. The van der Waals surface area contributed by atoms with Crippen molar-refractivity contribution in [3.63, 3.8) is 0 Å². The lowest BCUT2D eigenvalue weighted by molar-refractivity contribution is -0.154. The van der Waals surface area contributed by atoms with Crippen LogP contribution in [0.25, 0.3) is 21.6 Å². The van der Waals surface area contributed by atoms with Crippen molar-refractivity contribution >= 4 is 11.9 Å². The molecule has 0 aliphatic heterocycles. The van der Waals surface area contributed by atoms with Gasteiger partial charge in [-0.05, 0) is 73.3 Å². The molecule has 222 valence electrons. The van der Waals surface area contributed by atoms with Crippen molar-refractivity contribution in [2.24, 2.45) is 10.5 Å². The lowest BCUT2D eigenvalue weighted by Crippen LogP contribution is -2.34. The first-order valence-corrected chi connectivity index (χ1v) is 13.2. The Kier molecular flexibility index (Phi) is 10.6. The molecule has 0 radical (unpaired) electrons. The number of azide groups is 1. The summed E-state index contributed by atoms with van der Waals surface area (Å²) in [6.07, 6.45) is 0.00371. The summed E-state index contributed by atoms with van der Waals surface area (Å²) in [6, 6.07) is 14.5. The average molecular weight is 577 g/mol. The summed E-state index contributed by atoms with van der Waals surface area (Å²) in [5.74, 6) is 0.774. The van der Waals surface area contributed by atoms with Crippen LogP contribution in [0.2, 0.25) is 0 Å². The molecule has 1 amide bonds. The number of nitrogens with one attached hydrogen (secondary N) is 1. The van der Waals surface area contributed by atoms with Crippen LogP contribution in [0.4, 0.5) is 0 Å². The van der Waals surface area contributed by atoms with E-state index in [0.717, 1.165) is 0 Å². The van der Waals surface area contributed by atoms with Crippen LogP contribution in [0.15, 0.2) is 59.7 Å². The molecule has 0 aliphatic carbocycles. The highest BCUT2D eigenvalue weighted by molar-refractivity contribution is 5.82. The highest BCUT2D eigenvalue weighted by Gasteiger charge is 2.27. The maximum Gasteiger partial charge on any atom is 0.311 e. The van der Waals surface area contributed by atoms with Crippen molar-refractivity contribution in [3.05, 3.63) is 81.7 Å². The third-order valence-corrected chi connectivity index (χ3v) is 6.42. The van der Waals surface area contributed by atoms with Gasteiger partial charge in [-0.15, -0.1) is 0 Å². The van der Waals surface area contributed by atoms with Crippen molar-refractivity contribution in [1.29, 1.82) is 0 Å². The molecular weight excluding hydrogens is 540 g/mol. The molecule has 3 aromatic carbocycles. The number of nitrogens with zero attached hydrogens (tertiary/aromatic N) is 3. The van der Waals surface area contributed by atoms with Crippen LogP contribution in [-0.4, -0.2) is 44.9 Å². The number of phenols is 1. The third kappa shape index (κ3) is 8.08. The quantitative estimate of drug-likeness (QED) is 0.118. The summed E-state index contributed by atoms with van der Waals surface area (Å²) in [5.41, 5.74) is 11.4. The molecule has 0 bridgehead atoms. The Bertz CT molecular complexity index is 1480. The molecule has 3 aromatic rings. The van der Waals surface area contributed by atoms with Crippen LogP contribution in [0.1, 0.15) is 43.5 Å². The number of amides is 1. The monoisotopic (exact) mass is 576 g/mol. The third-order valence-electron chi connectivity index (χ3n) is 6.42. The van der Waals surface area contributed by atoms with Gasteiger partial charge in [-0.2, -0.15) is 0 Å². The average Bonchev–Trinajstić information content (AvgIpc) is 2.96. The van der Waals surface area contributed by atoms with E-state index in [4.69, 9.17) is 24.5 Å². The maximum absolute atomic E-state index is 13.1. The molecule has 0 aromatic heterocycles. The van der Waals surface area contributed by atoms with E-state index >= 15 is 0 Å². The van der Waals surface area contributed by atoms with E-state index in [2.05, 4.69) is 15.3 Å². The maximum atomic E-state index is 13.1. The van der Waals surface area contributed by atoms with Gasteiger partial charge in [0, 0.05) is 22.1 Å². The highest BCUT2D eigenvalue weighted by atomic mass is 16.5. The van der Waals surface area contributed by atoms with E-state index in [1.807, 2.05) is 6.07 Å². The van der Waals surface area contributed by atoms with Gasteiger partial charge in [-0.25, -0.2) is 0 Å². The molecule has 2 N–H and O–H groups in total. The first kappa shape index (κ1) is 31.6. The van der Waals surface area contributed by atoms with Crippen molar-refractivity contribution in [3.8, 4) is 34.1 Å². The van der Waals surface area contributed by atoms with Crippen LogP contribution in [0.3, 0.4) is 0 Å². The van der Waals surface area contributed by atoms with Crippen molar-refractivity contribution < 1.29 is 33.6 Å². The predicted octanol–water partition coefficient (Wildman–Crippen LogP) is 5.88. The Balaban J connectivity index is 2.10. The fourth-order valence-electron chi connectivity index (χ4n) is 4.29. The van der Waals surface area contributed by atoms with Gasteiger partial charge in [0.1, 0.15) is 29.6 Å². The summed E-state index contributed by atoms with van der Waals surface area (Å²) < 4.78 is 22.4. The van der Waals surface area contributed by atoms with Crippen LogP contribution in [0, 0.1) is 5.41 Å². The van der Waals surface area contributed by atoms with Gasteiger partial charge in [0.15, 0.2) is 0 Å². The molecule has 0 unspecified atom stereocenters. The fourth-order valence-corrected chi connectivity index (χ4v) is 4.29. The molecule has 1 atom stereocenters. The molecule has 42 heavy (non-hydrogen) atoms. The van der Waals surface area contributed by atoms with Gasteiger partial charge in [0.25, 0.3) is 0 Å². The van der Waals surface area contributed by atoms with Gasteiger partial charge in [0.05, 0.1) is 45.8 Å². The lowest BCUT2D eigenvalue weighted by atomic mass is 9.93. The van der Waals surface area contributed by atoms with Crippen LogP contribution < -0.4 is 19.5 Å². The zero-order valence-corrected chi connectivity index (χ0v) is 24.6. The van der Waals surface area contributed by atoms with Crippen molar-refractivity contribution in [2.45, 2.75) is 39.8 Å². The molecule has 0 spiro atoms. The number of carbonyl (C=O) groups excluding carboxylic acids is 2. The highest BCUT2D eigenvalue weighted by Crippen LogP contribution is 2.43. The number of hydrogen-bond acceptors (Lipinski definition) is 8. The van der Waals surface area contributed by atoms with E-state index in [9.17, 15) is 14.7 Å². The Morgan fingerprint density at radius 2 is 1.74 bits per heavy atom. The summed E-state index contributed by atoms with van der Waals surface area (Å²) in [6.45, 7) is 5.13. The minimum absolute atomic E-state index is 0.00371. The Morgan fingerprint density at radius 1 is 1.00 bits per heavy atom. The second kappa shape index (κ2) is 14.1. The standard InChI is InChI=1S/C31H36N4O7/c1-31(2,3)30(38)42-18-25(34-28(37)13-19-8-7-9-22(36)12-19)20-10-11-26(40-5)24(15-20)29-21(17-33-35-32)14-23(39-4)16-27(29)41-6/h7-12,14-16,25,36H,13,17-18H2,1-6H3,(H,34,37)/t25-/m0/s1. The van der Waals surface area contributed by atoms with Crippen LogP contribution >= 0.6 is 0 Å². The molecule has 0 saturated carbocycles. The summed E-state index contributed by atoms with van der Waals surface area (Å²) >= 11 is 0. The van der Waals surface area contributed by atoms with E-state index < -0.39 is 17.4 Å². The minimum atomic E-state index is -0.742. The Hall–Kier alpha value is -4.89. The Morgan fingerprint density at radius 3 is 2.36 bits per heavy atom. The first-order chi connectivity index (χ1) is 20.0. The number of carbonyl (C=O) groups is 2. The number of hydrogen-bond donors (Lipinski definition) is 2. The summed E-state index contributed by atoms with van der Waals surface area (Å²) in [4.78, 5) is 28.7. The summed E-state index contributed by atoms with van der Waals surface area (Å²) in [5, 5.41) is 16.5. The SMILES string of the molecule is COc1cc(CN=[N+]=[N-])c(-c2cc([C@H](COC(=O)C(C)(C)C)NC(=O)Cc3cccc(O)c3)ccc2OC)c(OC)c1. The summed E-state index contributed by atoms with van der Waals surface area (Å²) in [7, 11) is 4.57. The predicted molar refractivity (Wildman–Crippen MR) is 157 cm³/mol. The number of aromatic hydroxyl groups is 1. The topological polar surface area (TPSA) is 152 Å². The number of phenolic OH excluding ortho intramolecular Hbond substituents is 1. The molecule has 3 rings (SSSR count).